The number of carbonyl (C=O) groups excluding carboxylic acids is 1. The van der Waals surface area contributed by atoms with E-state index in [0.29, 0.717) is 23.0 Å². The highest BCUT2D eigenvalue weighted by molar-refractivity contribution is 6.32. The van der Waals surface area contributed by atoms with Gasteiger partial charge in [0.05, 0.1) is 11.8 Å². The Balaban J connectivity index is 1.48. The molecule has 4 heterocycles. The van der Waals surface area contributed by atoms with Crippen LogP contribution in [0.4, 0.5) is 0 Å². The molecule has 1 saturated carbocycles. The maximum absolute atomic E-state index is 12.5. The van der Waals surface area contributed by atoms with E-state index in [0.717, 1.165) is 18.7 Å². The van der Waals surface area contributed by atoms with E-state index in [9.17, 15) is 4.79 Å². The van der Waals surface area contributed by atoms with Crippen LogP contribution in [-0.2, 0) is 11.2 Å². The van der Waals surface area contributed by atoms with Gasteiger partial charge in [-0.15, -0.1) is 5.10 Å². The van der Waals surface area contributed by atoms with Gasteiger partial charge in [0.25, 0.3) is 5.91 Å². The standard InChI is InChI=1S/C21H25N7O/c1-13-15(6-11-28-9-2-3-10-28)18(14-4-5-14)17(24-13)12-16-19(25-27-21(16)29)20-22-7-8-23-26-20/h7-8,12,14,24H,2-6,9-11H2,1H3,(H,27,29)/b16-12+. The first kappa shape index (κ1) is 18.2. The van der Waals surface area contributed by atoms with Gasteiger partial charge >= 0.3 is 0 Å². The molecule has 150 valence electrons. The zero-order valence-electron chi connectivity index (χ0n) is 16.6. The van der Waals surface area contributed by atoms with Gasteiger partial charge in [-0.3, -0.25) is 4.79 Å². The van der Waals surface area contributed by atoms with Crippen molar-refractivity contribution in [2.45, 2.75) is 44.9 Å². The van der Waals surface area contributed by atoms with Crippen molar-refractivity contribution in [1.82, 2.24) is 30.5 Å². The first-order valence-electron chi connectivity index (χ1n) is 10.4. The predicted octanol–water partition coefficient (Wildman–Crippen LogP) is 1.94. The summed E-state index contributed by atoms with van der Waals surface area (Å²) in [4.78, 5) is 22.8. The van der Waals surface area contributed by atoms with Gasteiger partial charge in [-0.25, -0.2) is 10.4 Å². The van der Waals surface area contributed by atoms with Gasteiger partial charge in [0.2, 0.25) is 5.82 Å². The summed E-state index contributed by atoms with van der Waals surface area (Å²) in [5.41, 5.74) is 8.47. The van der Waals surface area contributed by atoms with Crippen molar-refractivity contribution in [1.29, 1.82) is 0 Å². The van der Waals surface area contributed by atoms with Crippen molar-refractivity contribution in [3.63, 3.8) is 0 Å². The lowest BCUT2D eigenvalue weighted by Crippen LogP contribution is -2.22. The molecule has 0 unspecified atom stereocenters. The van der Waals surface area contributed by atoms with E-state index in [1.54, 1.807) is 6.20 Å². The number of hydrazone groups is 1. The Bertz CT molecular complexity index is 982. The molecule has 0 aromatic carbocycles. The van der Waals surface area contributed by atoms with Gasteiger partial charge in [-0.2, -0.15) is 10.2 Å². The fourth-order valence-corrected chi connectivity index (χ4v) is 4.40. The number of aryl methyl sites for hydroxylation is 1. The molecule has 2 aliphatic heterocycles. The summed E-state index contributed by atoms with van der Waals surface area (Å²) < 4.78 is 0. The van der Waals surface area contributed by atoms with E-state index in [4.69, 9.17) is 0 Å². The van der Waals surface area contributed by atoms with Gasteiger partial charge in [-0.1, -0.05) is 0 Å². The van der Waals surface area contributed by atoms with Gasteiger partial charge < -0.3 is 9.88 Å². The number of aromatic nitrogens is 4. The lowest BCUT2D eigenvalue weighted by atomic mass is 9.99. The van der Waals surface area contributed by atoms with E-state index < -0.39 is 0 Å². The Hall–Kier alpha value is -2.87. The van der Waals surface area contributed by atoms with Crippen molar-refractivity contribution in [2.75, 3.05) is 19.6 Å². The van der Waals surface area contributed by atoms with Crippen molar-refractivity contribution in [3.8, 4) is 0 Å². The van der Waals surface area contributed by atoms with E-state index >= 15 is 0 Å². The van der Waals surface area contributed by atoms with Crippen LogP contribution < -0.4 is 5.43 Å². The molecular formula is C21H25N7O. The third kappa shape index (κ3) is 3.60. The summed E-state index contributed by atoms with van der Waals surface area (Å²) in [5, 5.41) is 12.0. The van der Waals surface area contributed by atoms with Gasteiger partial charge in [0.1, 0.15) is 5.71 Å². The average molecular weight is 391 g/mol. The molecule has 1 saturated heterocycles. The number of carbonyl (C=O) groups is 1. The second kappa shape index (κ2) is 7.51. The van der Waals surface area contributed by atoms with Gasteiger partial charge in [0, 0.05) is 24.1 Å². The molecule has 8 nitrogen and oxygen atoms in total. The number of hydrogen-bond donors (Lipinski definition) is 2. The summed E-state index contributed by atoms with van der Waals surface area (Å²) >= 11 is 0. The van der Waals surface area contributed by atoms with Crippen molar-refractivity contribution < 1.29 is 4.79 Å². The SMILES string of the molecule is Cc1[nH]c(/C=C2/C(=O)NN=C2c2nccnn2)c(C2CC2)c1CCN1CCCC1. The molecule has 5 rings (SSSR count). The highest BCUT2D eigenvalue weighted by Crippen LogP contribution is 2.45. The maximum atomic E-state index is 12.5. The molecule has 0 spiro atoms. The van der Waals surface area contributed by atoms with Gasteiger partial charge in [-0.05, 0) is 75.2 Å². The summed E-state index contributed by atoms with van der Waals surface area (Å²) in [7, 11) is 0. The van der Waals surface area contributed by atoms with Crippen LogP contribution in [-0.4, -0.2) is 56.3 Å². The number of nitrogens with one attached hydrogen (secondary N) is 2. The van der Waals surface area contributed by atoms with Crippen LogP contribution >= 0.6 is 0 Å². The third-order valence-corrected chi connectivity index (χ3v) is 6.00. The molecule has 2 fully saturated rings. The summed E-state index contributed by atoms with van der Waals surface area (Å²) in [6, 6.07) is 0. The highest BCUT2D eigenvalue weighted by atomic mass is 16.2. The second-order valence-electron chi connectivity index (χ2n) is 8.05. The molecule has 1 amide bonds. The zero-order chi connectivity index (χ0) is 19.8. The summed E-state index contributed by atoms with van der Waals surface area (Å²) in [5.74, 6) is 0.697. The average Bonchev–Trinajstić information content (AvgIpc) is 3.16. The maximum Gasteiger partial charge on any atom is 0.273 e. The molecule has 1 aliphatic carbocycles. The Morgan fingerprint density at radius 2 is 2.07 bits per heavy atom. The Morgan fingerprint density at radius 1 is 1.24 bits per heavy atom. The number of hydrogen-bond acceptors (Lipinski definition) is 6. The second-order valence-corrected chi connectivity index (χ2v) is 8.05. The molecular weight excluding hydrogens is 366 g/mol. The highest BCUT2D eigenvalue weighted by Gasteiger charge is 2.32. The number of nitrogens with zero attached hydrogens (tertiary/aromatic N) is 5. The Labute approximate surface area is 169 Å². The van der Waals surface area contributed by atoms with Crippen LogP contribution in [0, 0.1) is 6.92 Å². The lowest BCUT2D eigenvalue weighted by molar-refractivity contribution is -0.116. The van der Waals surface area contributed by atoms with Crippen molar-refractivity contribution >= 4 is 17.7 Å². The minimum atomic E-state index is -0.236. The number of H-pyrrole nitrogens is 1. The minimum absolute atomic E-state index is 0.236. The van der Waals surface area contributed by atoms with Crippen molar-refractivity contribution in [3.05, 3.63) is 46.3 Å². The zero-order valence-corrected chi connectivity index (χ0v) is 16.6. The molecule has 2 aromatic heterocycles. The number of amides is 1. The quantitative estimate of drug-likeness (QED) is 0.733. The molecule has 29 heavy (non-hydrogen) atoms. The molecule has 3 aliphatic rings. The van der Waals surface area contributed by atoms with Crippen LogP contribution in [0.5, 0.6) is 0 Å². The van der Waals surface area contributed by atoms with E-state index in [-0.39, 0.29) is 5.91 Å². The van der Waals surface area contributed by atoms with Crippen LogP contribution in [0.15, 0.2) is 23.1 Å². The summed E-state index contributed by atoms with van der Waals surface area (Å²) in [6.07, 6.45) is 11.1. The largest absolute Gasteiger partial charge is 0.359 e. The van der Waals surface area contributed by atoms with Gasteiger partial charge in [0.15, 0.2) is 0 Å². The number of rotatable bonds is 6. The number of aromatic amines is 1. The third-order valence-electron chi connectivity index (χ3n) is 6.00. The van der Waals surface area contributed by atoms with Crippen LogP contribution in [0.3, 0.4) is 0 Å². The summed E-state index contributed by atoms with van der Waals surface area (Å²) in [6.45, 7) is 5.67. The van der Waals surface area contributed by atoms with Crippen molar-refractivity contribution in [2.24, 2.45) is 5.10 Å². The molecule has 2 aromatic rings. The molecule has 2 N–H and O–H groups in total. The molecule has 0 atom stereocenters. The Morgan fingerprint density at radius 3 is 2.79 bits per heavy atom. The molecule has 0 radical (unpaired) electrons. The van der Waals surface area contributed by atoms with Crippen LogP contribution in [0.25, 0.3) is 6.08 Å². The van der Waals surface area contributed by atoms with E-state index in [2.05, 4.69) is 42.5 Å². The minimum Gasteiger partial charge on any atom is -0.359 e. The fraction of sp³-hybridized carbons (Fsp3) is 0.476. The van der Waals surface area contributed by atoms with Crippen LogP contribution in [0.2, 0.25) is 0 Å². The first-order valence-corrected chi connectivity index (χ1v) is 10.4. The smallest absolute Gasteiger partial charge is 0.273 e. The molecule has 0 bridgehead atoms. The monoisotopic (exact) mass is 391 g/mol. The number of likely N-dealkylation sites (tertiary alicyclic amines) is 1. The molecule has 8 heteroatoms. The van der Waals surface area contributed by atoms with Crippen LogP contribution in [0.1, 0.15) is 59.9 Å². The predicted molar refractivity (Wildman–Crippen MR) is 109 cm³/mol. The Kier molecular flexibility index (Phi) is 4.71. The first-order chi connectivity index (χ1) is 14.2. The topological polar surface area (TPSA) is 99.2 Å². The van der Waals surface area contributed by atoms with E-state index in [1.807, 2.05) is 6.08 Å². The lowest BCUT2D eigenvalue weighted by Gasteiger charge is -2.15. The van der Waals surface area contributed by atoms with E-state index in [1.165, 1.54) is 61.8 Å². The normalized spacial score (nSPS) is 21.1. The fourth-order valence-electron chi connectivity index (χ4n) is 4.40.